The van der Waals surface area contributed by atoms with Crippen molar-refractivity contribution in [3.8, 4) is 5.75 Å². The monoisotopic (exact) mass is 583 g/mol. The molecule has 38 heavy (non-hydrogen) atoms. The number of piperazine rings is 2. The van der Waals surface area contributed by atoms with Gasteiger partial charge in [-0.05, 0) is 51.1 Å². The van der Waals surface area contributed by atoms with E-state index in [4.69, 9.17) is 27.9 Å². The van der Waals surface area contributed by atoms with Crippen molar-refractivity contribution in [2.24, 2.45) is 0 Å². The minimum absolute atomic E-state index is 0. The van der Waals surface area contributed by atoms with Gasteiger partial charge in [-0.1, -0.05) is 29.3 Å². The van der Waals surface area contributed by atoms with Crippen LogP contribution >= 0.6 is 35.6 Å². The van der Waals surface area contributed by atoms with E-state index in [1.165, 1.54) is 0 Å². The molecule has 2 saturated heterocycles. The summed E-state index contributed by atoms with van der Waals surface area (Å²) in [6.45, 7) is 13.1. The number of ether oxygens (including phenoxy) is 1. The number of rotatable bonds is 9. The first-order chi connectivity index (χ1) is 17.9. The maximum atomic E-state index is 12.6. The van der Waals surface area contributed by atoms with Crippen molar-refractivity contribution in [3.05, 3.63) is 46.4 Å². The van der Waals surface area contributed by atoms with Crippen molar-refractivity contribution in [1.29, 1.82) is 0 Å². The Morgan fingerprint density at radius 2 is 1.61 bits per heavy atom. The van der Waals surface area contributed by atoms with Crippen molar-refractivity contribution in [2.45, 2.75) is 32.7 Å². The minimum Gasteiger partial charge on any atom is -0.495 e. The third-order valence-corrected chi connectivity index (χ3v) is 8.18. The number of anilines is 3. The van der Waals surface area contributed by atoms with Crippen molar-refractivity contribution >= 4 is 58.6 Å². The molecule has 7 nitrogen and oxygen atoms in total. The van der Waals surface area contributed by atoms with E-state index in [9.17, 15) is 4.79 Å². The summed E-state index contributed by atoms with van der Waals surface area (Å²) in [5.74, 6) is 0.832. The third kappa shape index (κ3) is 7.82. The Morgan fingerprint density at radius 3 is 2.26 bits per heavy atom. The Hall–Kier alpha value is -1.90. The topological polar surface area (TPSA) is 51.3 Å². The van der Waals surface area contributed by atoms with Crippen LogP contribution in [0.25, 0.3) is 0 Å². The Kier molecular flexibility index (Phi) is 11.7. The van der Waals surface area contributed by atoms with Gasteiger partial charge in [0.2, 0.25) is 5.91 Å². The molecule has 2 aliphatic heterocycles. The molecule has 0 saturated carbocycles. The van der Waals surface area contributed by atoms with Crippen LogP contribution in [0, 0.1) is 0 Å². The molecule has 0 aliphatic carbocycles. The fourth-order valence-corrected chi connectivity index (χ4v) is 5.55. The lowest BCUT2D eigenvalue weighted by Crippen LogP contribution is -2.49. The fraction of sp³-hybridized carbons (Fsp3) is 0.536. The summed E-state index contributed by atoms with van der Waals surface area (Å²) in [7, 11) is 1.69. The lowest BCUT2D eigenvalue weighted by Gasteiger charge is -2.38. The van der Waals surface area contributed by atoms with E-state index in [0.717, 1.165) is 88.1 Å². The number of carbonyl (C=O) groups is 1. The van der Waals surface area contributed by atoms with Gasteiger partial charge in [0.15, 0.2) is 0 Å². The van der Waals surface area contributed by atoms with Gasteiger partial charge in [-0.2, -0.15) is 0 Å². The number of nitrogens with one attached hydrogen (secondary N) is 1. The van der Waals surface area contributed by atoms with Gasteiger partial charge in [-0.3, -0.25) is 14.6 Å². The SMILES string of the molecule is COc1cc(NC(=O)CCCN2CCN(c3cccc(Cl)c3Cl)CC2)ccc1N1CCN(C(C)C)CC1.Cl. The molecule has 10 heteroatoms. The van der Waals surface area contributed by atoms with Crippen LogP contribution in [0.1, 0.15) is 26.7 Å². The smallest absolute Gasteiger partial charge is 0.224 e. The van der Waals surface area contributed by atoms with Crippen LogP contribution < -0.4 is 19.9 Å². The van der Waals surface area contributed by atoms with E-state index in [-0.39, 0.29) is 18.3 Å². The molecule has 0 unspecified atom stereocenters. The second-order valence-corrected chi connectivity index (χ2v) is 10.8. The van der Waals surface area contributed by atoms with E-state index in [1.807, 2.05) is 30.3 Å². The Labute approximate surface area is 243 Å². The van der Waals surface area contributed by atoms with Crippen LogP contribution in [-0.4, -0.2) is 87.8 Å². The predicted molar refractivity (Wildman–Crippen MR) is 162 cm³/mol. The zero-order chi connectivity index (χ0) is 26.4. The van der Waals surface area contributed by atoms with Crippen molar-refractivity contribution in [2.75, 3.05) is 81.1 Å². The number of nitrogens with zero attached hydrogens (tertiary/aromatic N) is 4. The average molecular weight is 585 g/mol. The maximum Gasteiger partial charge on any atom is 0.224 e. The van der Waals surface area contributed by atoms with Crippen LogP contribution in [0.3, 0.4) is 0 Å². The highest BCUT2D eigenvalue weighted by atomic mass is 35.5. The van der Waals surface area contributed by atoms with Gasteiger partial charge >= 0.3 is 0 Å². The van der Waals surface area contributed by atoms with E-state index in [1.54, 1.807) is 7.11 Å². The van der Waals surface area contributed by atoms with Gasteiger partial charge in [0.05, 0.1) is 28.5 Å². The number of amides is 1. The van der Waals surface area contributed by atoms with Crippen LogP contribution in [0.2, 0.25) is 10.0 Å². The van der Waals surface area contributed by atoms with Gasteiger partial charge in [-0.15, -0.1) is 12.4 Å². The molecule has 210 valence electrons. The summed E-state index contributed by atoms with van der Waals surface area (Å²) in [4.78, 5) is 22.2. The number of halogens is 3. The molecule has 2 aromatic rings. The molecule has 2 aliphatic rings. The first kappa shape index (κ1) is 30.6. The third-order valence-electron chi connectivity index (χ3n) is 7.37. The Morgan fingerprint density at radius 1 is 0.947 bits per heavy atom. The normalized spacial score (nSPS) is 16.9. The summed E-state index contributed by atoms with van der Waals surface area (Å²) in [5.41, 5.74) is 2.85. The maximum absolute atomic E-state index is 12.6. The summed E-state index contributed by atoms with van der Waals surface area (Å²) < 4.78 is 5.68. The van der Waals surface area contributed by atoms with E-state index >= 15 is 0 Å². The first-order valence-corrected chi connectivity index (χ1v) is 14.0. The highest BCUT2D eigenvalue weighted by Crippen LogP contribution is 2.33. The second-order valence-electron chi connectivity index (χ2n) is 10.1. The predicted octanol–water partition coefficient (Wildman–Crippen LogP) is 5.50. The van der Waals surface area contributed by atoms with E-state index in [2.05, 4.69) is 44.8 Å². The Balaban J connectivity index is 0.00000400. The molecule has 0 radical (unpaired) electrons. The molecule has 1 amide bonds. The van der Waals surface area contributed by atoms with E-state index in [0.29, 0.717) is 22.5 Å². The van der Waals surface area contributed by atoms with Gasteiger partial charge < -0.3 is 19.9 Å². The molecule has 0 spiro atoms. The van der Waals surface area contributed by atoms with Crippen molar-refractivity contribution in [1.82, 2.24) is 9.80 Å². The van der Waals surface area contributed by atoms with Crippen molar-refractivity contribution < 1.29 is 9.53 Å². The summed E-state index contributed by atoms with van der Waals surface area (Å²) >= 11 is 12.6. The van der Waals surface area contributed by atoms with Crippen LogP contribution in [-0.2, 0) is 4.79 Å². The lowest BCUT2D eigenvalue weighted by atomic mass is 10.2. The molecule has 0 bridgehead atoms. The summed E-state index contributed by atoms with van der Waals surface area (Å²) in [6, 6.07) is 12.3. The highest BCUT2D eigenvalue weighted by molar-refractivity contribution is 6.43. The number of methoxy groups -OCH3 is 1. The molecule has 2 fully saturated rings. The largest absolute Gasteiger partial charge is 0.495 e. The van der Waals surface area contributed by atoms with Crippen LogP contribution in [0.4, 0.5) is 17.1 Å². The molecule has 4 rings (SSSR count). The quantitative estimate of drug-likeness (QED) is 0.420. The van der Waals surface area contributed by atoms with Crippen LogP contribution in [0.15, 0.2) is 36.4 Å². The van der Waals surface area contributed by atoms with Crippen molar-refractivity contribution in [3.63, 3.8) is 0 Å². The highest BCUT2D eigenvalue weighted by Gasteiger charge is 2.22. The van der Waals surface area contributed by atoms with Gasteiger partial charge in [0.25, 0.3) is 0 Å². The number of hydrogen-bond donors (Lipinski definition) is 1. The zero-order valence-corrected chi connectivity index (χ0v) is 24.9. The number of hydrogen-bond acceptors (Lipinski definition) is 6. The lowest BCUT2D eigenvalue weighted by molar-refractivity contribution is -0.116. The Bertz CT molecular complexity index is 1050. The molecule has 0 atom stereocenters. The van der Waals surface area contributed by atoms with Crippen LogP contribution in [0.5, 0.6) is 5.75 Å². The zero-order valence-electron chi connectivity index (χ0n) is 22.6. The van der Waals surface area contributed by atoms with E-state index < -0.39 is 0 Å². The number of carbonyl (C=O) groups excluding carboxylic acids is 1. The second kappa shape index (κ2) is 14.5. The average Bonchev–Trinajstić information content (AvgIpc) is 2.90. The molecular formula is C28H40Cl3N5O2. The molecule has 1 N–H and O–H groups in total. The number of benzene rings is 2. The van der Waals surface area contributed by atoms with Gasteiger partial charge in [0, 0.05) is 76.6 Å². The summed E-state index contributed by atoms with van der Waals surface area (Å²) in [6.07, 6.45) is 1.31. The summed E-state index contributed by atoms with van der Waals surface area (Å²) in [5, 5.41) is 4.25. The van der Waals surface area contributed by atoms with Gasteiger partial charge in [0.1, 0.15) is 5.75 Å². The minimum atomic E-state index is 0. The molecule has 2 aromatic carbocycles. The fourth-order valence-electron chi connectivity index (χ4n) is 5.13. The first-order valence-electron chi connectivity index (χ1n) is 13.2. The molecule has 0 aromatic heterocycles. The molecular weight excluding hydrogens is 545 g/mol. The van der Waals surface area contributed by atoms with Gasteiger partial charge in [-0.25, -0.2) is 0 Å². The standard InChI is InChI=1S/C28H39Cl2N5O2.ClH/c1-21(2)33-16-18-34(19-17-33)24-10-9-22(20-26(24)37-3)31-27(36)8-5-11-32-12-14-35(15-13-32)25-7-4-6-23(29)28(25)30;/h4,6-7,9-10,20-21H,5,8,11-19H2,1-3H3,(H,31,36);1H. The molecule has 2 heterocycles.